The molecule has 0 saturated heterocycles. The van der Waals surface area contributed by atoms with Gasteiger partial charge in [0.2, 0.25) is 0 Å². The summed E-state index contributed by atoms with van der Waals surface area (Å²) in [5.74, 6) is 1.39. The molecule has 1 unspecified atom stereocenters. The molecule has 0 fully saturated rings. The van der Waals surface area contributed by atoms with Crippen LogP contribution in [0, 0.1) is 0 Å². The Morgan fingerprint density at radius 2 is 2.21 bits per heavy atom. The maximum atomic E-state index is 5.32. The Balaban J connectivity index is 2.29. The molecule has 1 atom stereocenters. The van der Waals surface area contributed by atoms with Crippen molar-refractivity contribution >= 4 is 0 Å². The zero-order chi connectivity index (χ0) is 9.80. The number of hydrogen-bond donors (Lipinski definition) is 0. The molecule has 0 saturated carbocycles. The molecular weight excluding hydrogens is 176 g/mol. The number of rotatable bonds is 2. The molecule has 1 aromatic carbocycles. The molecule has 2 nitrogen and oxygen atoms in total. The monoisotopic (exact) mass is 190 g/mol. The number of ether oxygens (including phenoxy) is 2. The highest BCUT2D eigenvalue weighted by Crippen LogP contribution is 2.31. The molecule has 1 aliphatic rings. The SMILES string of the molecule is COc1ccccc1C1C=COCC1. The average molecular weight is 190 g/mol. The summed E-state index contributed by atoms with van der Waals surface area (Å²) in [6.07, 6.45) is 4.89. The van der Waals surface area contributed by atoms with E-state index in [-0.39, 0.29) is 0 Å². The van der Waals surface area contributed by atoms with Crippen LogP contribution < -0.4 is 4.74 Å². The van der Waals surface area contributed by atoms with Crippen LogP contribution in [0.4, 0.5) is 0 Å². The van der Waals surface area contributed by atoms with Gasteiger partial charge in [-0.2, -0.15) is 0 Å². The van der Waals surface area contributed by atoms with Crippen LogP contribution in [-0.4, -0.2) is 13.7 Å². The minimum Gasteiger partial charge on any atom is -0.501 e. The van der Waals surface area contributed by atoms with Gasteiger partial charge in [0, 0.05) is 11.5 Å². The van der Waals surface area contributed by atoms with Crippen LogP contribution in [0.1, 0.15) is 17.9 Å². The summed E-state index contributed by atoms with van der Waals surface area (Å²) in [7, 11) is 1.71. The second-order valence-electron chi connectivity index (χ2n) is 3.34. The van der Waals surface area contributed by atoms with Crippen molar-refractivity contribution in [1.29, 1.82) is 0 Å². The fourth-order valence-electron chi connectivity index (χ4n) is 1.74. The second kappa shape index (κ2) is 4.18. The lowest BCUT2D eigenvalue weighted by Crippen LogP contribution is -2.06. The Kier molecular flexibility index (Phi) is 2.73. The third-order valence-electron chi connectivity index (χ3n) is 2.49. The van der Waals surface area contributed by atoms with Gasteiger partial charge in [0.25, 0.3) is 0 Å². The van der Waals surface area contributed by atoms with Gasteiger partial charge in [-0.1, -0.05) is 18.2 Å². The molecule has 74 valence electrons. The third kappa shape index (κ3) is 1.74. The van der Waals surface area contributed by atoms with Crippen molar-refractivity contribution in [3.05, 3.63) is 42.2 Å². The van der Waals surface area contributed by atoms with Crippen molar-refractivity contribution in [2.24, 2.45) is 0 Å². The van der Waals surface area contributed by atoms with Crippen molar-refractivity contribution < 1.29 is 9.47 Å². The van der Waals surface area contributed by atoms with Gasteiger partial charge in [-0.05, 0) is 18.6 Å². The maximum absolute atomic E-state index is 5.32. The van der Waals surface area contributed by atoms with Gasteiger partial charge < -0.3 is 9.47 Å². The van der Waals surface area contributed by atoms with Crippen LogP contribution in [0.5, 0.6) is 5.75 Å². The van der Waals surface area contributed by atoms with Crippen molar-refractivity contribution in [2.75, 3.05) is 13.7 Å². The Morgan fingerprint density at radius 1 is 1.36 bits per heavy atom. The van der Waals surface area contributed by atoms with E-state index in [0.717, 1.165) is 18.8 Å². The summed E-state index contributed by atoms with van der Waals surface area (Å²) in [6.45, 7) is 0.791. The fraction of sp³-hybridized carbons (Fsp3) is 0.333. The van der Waals surface area contributed by atoms with Gasteiger partial charge in [0.1, 0.15) is 5.75 Å². The maximum Gasteiger partial charge on any atom is 0.122 e. The van der Waals surface area contributed by atoms with Crippen LogP contribution in [0.15, 0.2) is 36.6 Å². The standard InChI is InChI=1S/C12H14O2/c1-13-12-5-3-2-4-11(12)10-6-8-14-9-7-10/h2-6,8,10H,7,9H2,1H3. The smallest absolute Gasteiger partial charge is 0.122 e. The lowest BCUT2D eigenvalue weighted by atomic mass is 9.94. The summed E-state index contributed by atoms with van der Waals surface area (Å²) in [6, 6.07) is 8.14. The molecule has 0 amide bonds. The van der Waals surface area contributed by atoms with Crippen LogP contribution in [0.3, 0.4) is 0 Å². The number of allylic oxidation sites excluding steroid dienone is 1. The lowest BCUT2D eigenvalue weighted by Gasteiger charge is -2.19. The molecule has 1 heterocycles. The minimum absolute atomic E-state index is 0.430. The molecule has 1 aromatic rings. The summed E-state index contributed by atoms with van der Waals surface area (Å²) in [5.41, 5.74) is 1.24. The summed E-state index contributed by atoms with van der Waals surface area (Å²) in [5, 5.41) is 0. The highest BCUT2D eigenvalue weighted by Gasteiger charge is 2.15. The number of para-hydroxylation sites is 1. The fourth-order valence-corrected chi connectivity index (χ4v) is 1.74. The number of benzene rings is 1. The highest BCUT2D eigenvalue weighted by molar-refractivity contribution is 5.38. The first kappa shape index (κ1) is 9.13. The van der Waals surface area contributed by atoms with Crippen molar-refractivity contribution in [2.45, 2.75) is 12.3 Å². The van der Waals surface area contributed by atoms with Gasteiger partial charge >= 0.3 is 0 Å². The van der Waals surface area contributed by atoms with E-state index < -0.39 is 0 Å². The van der Waals surface area contributed by atoms with E-state index in [1.54, 1.807) is 13.4 Å². The molecular formula is C12H14O2. The van der Waals surface area contributed by atoms with E-state index in [1.807, 2.05) is 18.2 Å². The van der Waals surface area contributed by atoms with Gasteiger partial charge in [-0.3, -0.25) is 0 Å². The van der Waals surface area contributed by atoms with Gasteiger partial charge in [0.15, 0.2) is 0 Å². The van der Waals surface area contributed by atoms with Crippen LogP contribution in [-0.2, 0) is 4.74 Å². The largest absolute Gasteiger partial charge is 0.501 e. The molecule has 0 bridgehead atoms. The first-order valence-electron chi connectivity index (χ1n) is 4.83. The van der Waals surface area contributed by atoms with Crippen molar-refractivity contribution in [3.63, 3.8) is 0 Å². The zero-order valence-electron chi connectivity index (χ0n) is 8.27. The summed E-state index contributed by atoms with van der Waals surface area (Å²) >= 11 is 0. The highest BCUT2D eigenvalue weighted by atomic mass is 16.5. The molecule has 14 heavy (non-hydrogen) atoms. The summed E-state index contributed by atoms with van der Waals surface area (Å²) < 4.78 is 10.5. The van der Waals surface area contributed by atoms with Gasteiger partial charge in [-0.25, -0.2) is 0 Å². The molecule has 2 heteroatoms. The Labute approximate surface area is 84.2 Å². The zero-order valence-corrected chi connectivity index (χ0v) is 8.27. The van der Waals surface area contributed by atoms with E-state index in [2.05, 4.69) is 12.1 Å². The third-order valence-corrected chi connectivity index (χ3v) is 2.49. The molecule has 0 aromatic heterocycles. The molecule has 0 aliphatic carbocycles. The predicted octanol–water partition coefficient (Wildman–Crippen LogP) is 2.71. The molecule has 2 rings (SSSR count). The molecule has 0 spiro atoms. The molecule has 1 aliphatic heterocycles. The predicted molar refractivity (Wildman–Crippen MR) is 55.4 cm³/mol. The first-order chi connectivity index (χ1) is 6.92. The lowest BCUT2D eigenvalue weighted by molar-refractivity contribution is 0.222. The minimum atomic E-state index is 0.430. The van der Waals surface area contributed by atoms with Crippen molar-refractivity contribution in [1.82, 2.24) is 0 Å². The Morgan fingerprint density at radius 3 is 2.93 bits per heavy atom. The van der Waals surface area contributed by atoms with E-state index in [4.69, 9.17) is 9.47 Å². The Hall–Kier alpha value is -1.44. The van der Waals surface area contributed by atoms with E-state index in [1.165, 1.54) is 5.56 Å². The topological polar surface area (TPSA) is 18.5 Å². The number of methoxy groups -OCH3 is 1. The average Bonchev–Trinajstić information content (AvgIpc) is 2.30. The van der Waals surface area contributed by atoms with Crippen LogP contribution >= 0.6 is 0 Å². The van der Waals surface area contributed by atoms with Crippen LogP contribution in [0.25, 0.3) is 0 Å². The Bertz CT molecular complexity index is 331. The quantitative estimate of drug-likeness (QED) is 0.713. The van der Waals surface area contributed by atoms with Crippen LogP contribution in [0.2, 0.25) is 0 Å². The van der Waals surface area contributed by atoms with Gasteiger partial charge in [0.05, 0.1) is 20.0 Å². The second-order valence-corrected chi connectivity index (χ2v) is 3.34. The van der Waals surface area contributed by atoms with E-state index in [0.29, 0.717) is 5.92 Å². The molecule has 0 radical (unpaired) electrons. The first-order valence-corrected chi connectivity index (χ1v) is 4.83. The number of hydrogen-bond acceptors (Lipinski definition) is 2. The van der Waals surface area contributed by atoms with Crippen molar-refractivity contribution in [3.8, 4) is 5.75 Å². The molecule has 0 N–H and O–H groups in total. The van der Waals surface area contributed by atoms with E-state index in [9.17, 15) is 0 Å². The normalized spacial score (nSPS) is 20.2. The van der Waals surface area contributed by atoms with Gasteiger partial charge in [-0.15, -0.1) is 0 Å². The van der Waals surface area contributed by atoms with E-state index >= 15 is 0 Å². The summed E-state index contributed by atoms with van der Waals surface area (Å²) in [4.78, 5) is 0.